The van der Waals surface area contributed by atoms with Crippen LogP contribution in [0.25, 0.3) is 0 Å². The minimum atomic E-state index is -0.383. The molecule has 2 aromatic rings. The fourth-order valence-electron chi connectivity index (χ4n) is 3.94. The topological polar surface area (TPSA) is 87.2 Å². The standard InChI is InChI=1S/C24H25N3O5/c28-21(11-6-12-27-22(29)19-9-4-5-10-20(19)23(27)30)25-13-15-26(16-14-25)24(31)32-17-18-7-2-1-3-8-18/h1-5,7-10H,6,11-17H2. The Morgan fingerprint density at radius 2 is 1.34 bits per heavy atom. The molecule has 2 heterocycles. The highest BCUT2D eigenvalue weighted by molar-refractivity contribution is 6.21. The maximum atomic E-state index is 12.5. The van der Waals surface area contributed by atoms with Gasteiger partial charge < -0.3 is 14.5 Å². The molecule has 0 aromatic heterocycles. The van der Waals surface area contributed by atoms with Crippen molar-refractivity contribution >= 4 is 23.8 Å². The van der Waals surface area contributed by atoms with Gasteiger partial charge in [-0.3, -0.25) is 19.3 Å². The lowest BCUT2D eigenvalue weighted by molar-refractivity contribution is -0.133. The molecule has 1 fully saturated rings. The number of hydrogen-bond acceptors (Lipinski definition) is 5. The molecule has 2 aliphatic rings. The third-order valence-electron chi connectivity index (χ3n) is 5.75. The number of rotatable bonds is 6. The quantitative estimate of drug-likeness (QED) is 0.651. The minimum absolute atomic E-state index is 0.0427. The van der Waals surface area contributed by atoms with Gasteiger partial charge in [0.25, 0.3) is 11.8 Å². The molecule has 0 saturated carbocycles. The molecule has 1 saturated heterocycles. The molecule has 0 unspecified atom stereocenters. The number of piperazine rings is 1. The van der Waals surface area contributed by atoms with Crippen molar-refractivity contribution in [2.24, 2.45) is 0 Å². The number of carbonyl (C=O) groups excluding carboxylic acids is 4. The normalized spacial score (nSPS) is 15.7. The van der Waals surface area contributed by atoms with Crippen molar-refractivity contribution in [1.29, 1.82) is 0 Å². The second-order valence-electron chi connectivity index (χ2n) is 7.82. The Kier molecular flexibility index (Phi) is 6.49. The van der Waals surface area contributed by atoms with E-state index in [1.54, 1.807) is 34.1 Å². The van der Waals surface area contributed by atoms with Crippen molar-refractivity contribution in [3.8, 4) is 0 Å². The summed E-state index contributed by atoms with van der Waals surface area (Å²) in [7, 11) is 0. The molecular weight excluding hydrogens is 410 g/mol. The molecule has 166 valence electrons. The Morgan fingerprint density at radius 3 is 1.97 bits per heavy atom. The molecule has 0 atom stereocenters. The van der Waals surface area contributed by atoms with Crippen molar-refractivity contribution in [2.45, 2.75) is 19.4 Å². The van der Waals surface area contributed by atoms with Crippen LogP contribution in [0, 0.1) is 0 Å². The van der Waals surface area contributed by atoms with E-state index in [4.69, 9.17) is 4.74 Å². The van der Waals surface area contributed by atoms with Crippen molar-refractivity contribution in [2.75, 3.05) is 32.7 Å². The summed E-state index contributed by atoms with van der Waals surface area (Å²) in [6, 6.07) is 16.2. The fraction of sp³-hybridized carbons (Fsp3) is 0.333. The third kappa shape index (κ3) is 4.64. The first-order valence-corrected chi connectivity index (χ1v) is 10.7. The first-order valence-electron chi connectivity index (χ1n) is 10.7. The smallest absolute Gasteiger partial charge is 0.410 e. The van der Waals surface area contributed by atoms with Crippen molar-refractivity contribution in [1.82, 2.24) is 14.7 Å². The van der Waals surface area contributed by atoms with Crippen molar-refractivity contribution in [3.63, 3.8) is 0 Å². The second-order valence-corrected chi connectivity index (χ2v) is 7.82. The molecule has 0 bridgehead atoms. The number of ether oxygens (including phenoxy) is 1. The summed E-state index contributed by atoms with van der Waals surface area (Å²) < 4.78 is 5.35. The summed E-state index contributed by atoms with van der Waals surface area (Å²) in [6.45, 7) is 2.13. The molecule has 0 spiro atoms. The number of nitrogens with zero attached hydrogens (tertiary/aromatic N) is 3. The summed E-state index contributed by atoms with van der Waals surface area (Å²) in [5.41, 5.74) is 1.76. The van der Waals surface area contributed by atoms with Gasteiger partial charge in [0.2, 0.25) is 5.91 Å². The first kappa shape index (κ1) is 21.5. The molecule has 0 N–H and O–H groups in total. The predicted octanol–water partition coefficient (Wildman–Crippen LogP) is 2.54. The van der Waals surface area contributed by atoms with Crippen LogP contribution >= 0.6 is 0 Å². The van der Waals surface area contributed by atoms with E-state index in [-0.39, 0.29) is 43.4 Å². The van der Waals surface area contributed by atoms with E-state index in [9.17, 15) is 19.2 Å². The van der Waals surface area contributed by atoms with E-state index in [1.165, 1.54) is 4.90 Å². The van der Waals surface area contributed by atoms with Crippen LogP contribution in [0.15, 0.2) is 54.6 Å². The van der Waals surface area contributed by atoms with Crippen LogP contribution in [0.5, 0.6) is 0 Å². The summed E-state index contributed by atoms with van der Waals surface area (Å²) in [5, 5.41) is 0. The van der Waals surface area contributed by atoms with E-state index >= 15 is 0 Å². The molecule has 8 nitrogen and oxygen atoms in total. The number of imide groups is 1. The maximum Gasteiger partial charge on any atom is 0.410 e. The number of carbonyl (C=O) groups is 4. The lowest BCUT2D eigenvalue weighted by atomic mass is 10.1. The average Bonchev–Trinajstić information content (AvgIpc) is 3.08. The van der Waals surface area contributed by atoms with Crippen LogP contribution < -0.4 is 0 Å². The van der Waals surface area contributed by atoms with Gasteiger partial charge in [0, 0.05) is 39.1 Å². The molecule has 2 aliphatic heterocycles. The molecule has 8 heteroatoms. The molecular formula is C24H25N3O5. The molecule has 2 aromatic carbocycles. The Hall–Kier alpha value is -3.68. The highest BCUT2D eigenvalue weighted by Gasteiger charge is 2.34. The van der Waals surface area contributed by atoms with E-state index in [0.29, 0.717) is 43.7 Å². The summed E-state index contributed by atoms with van der Waals surface area (Å²) >= 11 is 0. The van der Waals surface area contributed by atoms with Gasteiger partial charge in [-0.2, -0.15) is 0 Å². The minimum Gasteiger partial charge on any atom is -0.445 e. The van der Waals surface area contributed by atoms with Crippen LogP contribution in [0.4, 0.5) is 4.79 Å². The summed E-state index contributed by atoms with van der Waals surface area (Å²) in [5.74, 6) is -0.653. The van der Waals surface area contributed by atoms with Gasteiger partial charge in [0.15, 0.2) is 0 Å². The van der Waals surface area contributed by atoms with Gasteiger partial charge in [-0.1, -0.05) is 42.5 Å². The van der Waals surface area contributed by atoms with Crippen LogP contribution in [-0.2, 0) is 16.1 Å². The van der Waals surface area contributed by atoms with Gasteiger partial charge in [0.05, 0.1) is 11.1 Å². The number of fused-ring (bicyclic) bond motifs is 1. The Morgan fingerprint density at radius 1 is 0.781 bits per heavy atom. The summed E-state index contributed by atoms with van der Waals surface area (Å²) in [4.78, 5) is 54.1. The Balaban J connectivity index is 1.18. The van der Waals surface area contributed by atoms with E-state index in [0.717, 1.165) is 5.56 Å². The molecule has 0 radical (unpaired) electrons. The zero-order valence-electron chi connectivity index (χ0n) is 17.7. The monoisotopic (exact) mass is 435 g/mol. The van der Waals surface area contributed by atoms with Gasteiger partial charge in [-0.05, 0) is 24.1 Å². The number of hydrogen-bond donors (Lipinski definition) is 0. The second kappa shape index (κ2) is 9.64. The van der Waals surface area contributed by atoms with Gasteiger partial charge in [-0.25, -0.2) is 4.79 Å². The SMILES string of the molecule is O=C(CCCN1C(=O)c2ccccc2C1=O)N1CCN(C(=O)OCc2ccccc2)CC1. The predicted molar refractivity (Wildman–Crippen MR) is 116 cm³/mol. The highest BCUT2D eigenvalue weighted by Crippen LogP contribution is 2.22. The average molecular weight is 435 g/mol. The Bertz CT molecular complexity index is 980. The van der Waals surface area contributed by atoms with Crippen LogP contribution in [0.1, 0.15) is 39.1 Å². The Labute approximate surface area is 186 Å². The maximum absolute atomic E-state index is 12.5. The van der Waals surface area contributed by atoms with E-state index in [1.807, 2.05) is 30.3 Å². The van der Waals surface area contributed by atoms with E-state index < -0.39 is 0 Å². The lowest BCUT2D eigenvalue weighted by Gasteiger charge is -2.34. The van der Waals surface area contributed by atoms with Crippen LogP contribution in [0.3, 0.4) is 0 Å². The summed E-state index contributed by atoms with van der Waals surface area (Å²) in [6.07, 6.45) is 0.266. The highest BCUT2D eigenvalue weighted by atomic mass is 16.6. The van der Waals surface area contributed by atoms with Crippen molar-refractivity contribution < 1.29 is 23.9 Å². The van der Waals surface area contributed by atoms with E-state index in [2.05, 4.69) is 0 Å². The van der Waals surface area contributed by atoms with Gasteiger partial charge in [0.1, 0.15) is 6.61 Å². The van der Waals surface area contributed by atoms with Gasteiger partial charge in [-0.15, -0.1) is 0 Å². The largest absolute Gasteiger partial charge is 0.445 e. The third-order valence-corrected chi connectivity index (χ3v) is 5.75. The number of amides is 4. The molecule has 4 rings (SSSR count). The zero-order chi connectivity index (χ0) is 22.5. The number of benzene rings is 2. The lowest BCUT2D eigenvalue weighted by Crippen LogP contribution is -2.50. The first-order chi connectivity index (χ1) is 15.5. The molecule has 0 aliphatic carbocycles. The van der Waals surface area contributed by atoms with Crippen molar-refractivity contribution in [3.05, 3.63) is 71.3 Å². The van der Waals surface area contributed by atoms with Gasteiger partial charge >= 0.3 is 6.09 Å². The molecule has 4 amide bonds. The zero-order valence-corrected chi connectivity index (χ0v) is 17.7. The molecule has 32 heavy (non-hydrogen) atoms. The fourth-order valence-corrected chi connectivity index (χ4v) is 3.94. The van der Waals surface area contributed by atoms with Crippen LogP contribution in [0.2, 0.25) is 0 Å². The van der Waals surface area contributed by atoms with Crippen LogP contribution in [-0.4, -0.2) is 71.2 Å².